The maximum absolute atomic E-state index is 6.24. The van der Waals surface area contributed by atoms with E-state index in [1.807, 2.05) is 0 Å². The molecule has 0 amide bonds. The summed E-state index contributed by atoms with van der Waals surface area (Å²) < 4.78 is 5.61. The third kappa shape index (κ3) is 27.3. The minimum absolute atomic E-state index is 0. The molecule has 0 aliphatic rings. The van der Waals surface area contributed by atoms with Crippen molar-refractivity contribution in [2.24, 2.45) is 0 Å². The summed E-state index contributed by atoms with van der Waals surface area (Å²) in [5.41, 5.74) is 0. The monoisotopic (exact) mass is 556 g/mol. The van der Waals surface area contributed by atoms with Crippen molar-refractivity contribution in [2.75, 3.05) is 0 Å². The van der Waals surface area contributed by atoms with Gasteiger partial charge in [0.15, 0.2) is 0 Å². The summed E-state index contributed by atoms with van der Waals surface area (Å²) in [4.78, 5) is 0. The smallest absolute Gasteiger partial charge is 0.412 e. The first-order valence-electron chi connectivity index (χ1n) is 8.62. The van der Waals surface area contributed by atoms with E-state index in [0.717, 1.165) is 0 Å². The van der Waals surface area contributed by atoms with Gasteiger partial charge in [-0.1, -0.05) is 0 Å². The fraction of sp³-hybridized carbons (Fsp3) is 1.00. The van der Waals surface area contributed by atoms with E-state index in [4.69, 9.17) is 17.8 Å². The van der Waals surface area contributed by atoms with Crippen molar-refractivity contribution in [1.29, 1.82) is 0 Å². The average Bonchev–Trinajstić information content (AvgIpc) is 2.47. The Bertz CT molecular complexity index is 140. The van der Waals surface area contributed by atoms with E-state index < -0.39 is 37.3 Å². The van der Waals surface area contributed by atoms with Crippen LogP contribution in [0.1, 0.15) is 79.1 Å². The minimum Gasteiger partial charge on any atom is -0.412 e. The first kappa shape index (κ1) is 28.0. The van der Waals surface area contributed by atoms with Gasteiger partial charge in [-0.25, -0.2) is 0 Å². The van der Waals surface area contributed by atoms with E-state index in [-0.39, 0.29) is 5.48 Å². The van der Waals surface area contributed by atoms with Gasteiger partial charge in [0.1, 0.15) is 0 Å². The average molecular weight is 555 g/mol. The molecule has 2 radical (unpaired) electrons. The normalized spacial score (nSPS) is 10.3. The van der Waals surface area contributed by atoms with Crippen LogP contribution < -0.4 is 0 Å². The molecule has 21 heavy (non-hydrogen) atoms. The van der Waals surface area contributed by atoms with E-state index >= 15 is 0 Å². The molecule has 0 bridgehead atoms. The summed E-state index contributed by atoms with van der Waals surface area (Å²) in [6, 6.07) is 0. The molecular weight excluding hydrogens is 517 g/mol. The van der Waals surface area contributed by atoms with Gasteiger partial charge in [0.05, 0.1) is 0 Å². The summed E-state index contributed by atoms with van der Waals surface area (Å²) in [5, 5.41) is 0. The Labute approximate surface area is 156 Å². The van der Waals surface area contributed by atoms with E-state index in [0.29, 0.717) is 0 Å². The predicted molar refractivity (Wildman–Crippen MR) is 106 cm³/mol. The van der Waals surface area contributed by atoms with Crippen molar-refractivity contribution in [2.45, 2.75) is 96.8 Å². The summed E-state index contributed by atoms with van der Waals surface area (Å²) in [6.45, 7) is 8.97. The Kier molecular flexibility index (Phi) is 32.5. The molecule has 0 unspecified atom stereocenters. The van der Waals surface area contributed by atoms with Crippen LogP contribution in [-0.2, 0) is 0 Å². The maximum Gasteiger partial charge on any atom is -0.412 e. The minimum atomic E-state index is -1.27. The van der Waals surface area contributed by atoms with E-state index in [1.54, 1.807) is 0 Å². The van der Waals surface area contributed by atoms with Crippen LogP contribution in [0.4, 0.5) is 0 Å². The third-order valence-electron chi connectivity index (χ3n) is 3.21. The molecule has 0 fully saturated rings. The van der Waals surface area contributed by atoms with Gasteiger partial charge < -0.3 is 5.48 Å². The molecule has 0 saturated carbocycles. The van der Waals surface area contributed by atoms with Crippen LogP contribution in [-0.4, -0.2) is 42.7 Å². The summed E-state index contributed by atoms with van der Waals surface area (Å²) in [7, 11) is 12.5. The first-order chi connectivity index (χ1) is 9.62. The number of unbranched alkanes of at least 4 members (excludes halogenated alkanes) is 4. The molecular formula is C16H38Cl2OSn2. The van der Waals surface area contributed by atoms with Gasteiger partial charge in [0, 0.05) is 0 Å². The van der Waals surface area contributed by atoms with Gasteiger partial charge in [-0.3, -0.25) is 0 Å². The van der Waals surface area contributed by atoms with E-state index in [2.05, 4.69) is 27.7 Å². The van der Waals surface area contributed by atoms with Gasteiger partial charge in [-0.15, -0.1) is 0 Å². The second-order valence-corrected chi connectivity index (χ2v) is 24.2. The molecule has 0 aliphatic heterocycles. The molecule has 1 nitrogen and oxygen atoms in total. The van der Waals surface area contributed by atoms with Gasteiger partial charge in [0.2, 0.25) is 0 Å². The van der Waals surface area contributed by atoms with Crippen molar-refractivity contribution in [3.8, 4) is 0 Å². The molecule has 0 heterocycles. The topological polar surface area (TPSA) is 31.5 Å². The zero-order valence-electron chi connectivity index (χ0n) is 14.7. The SMILES string of the molecule is CCC[CH2][Sn]([Cl])[CH2]CCC.CCC[CH2][Sn]([Cl])[CH2]CCC.O. The fourth-order valence-corrected chi connectivity index (χ4v) is 15.2. The van der Waals surface area contributed by atoms with Gasteiger partial charge in [0.25, 0.3) is 0 Å². The van der Waals surface area contributed by atoms with Crippen LogP contribution in [0.3, 0.4) is 0 Å². The Balaban J connectivity index is -0.000000295. The predicted octanol–water partition coefficient (Wildman–Crippen LogP) is 6.81. The quantitative estimate of drug-likeness (QED) is 0.238. The summed E-state index contributed by atoms with van der Waals surface area (Å²) >= 11 is -2.54. The number of halogens is 2. The summed E-state index contributed by atoms with van der Waals surface area (Å²) in [5.74, 6) is 0. The standard InChI is InChI=1S/4C4H9.2ClH.H2O.2Sn/c4*1-3-4-2;;;;;/h4*1,3-4H2,2H3;2*1H;1H2;;/q;;;;;;;2*+1/p-2. The van der Waals surface area contributed by atoms with Crippen LogP contribution in [0, 0.1) is 0 Å². The van der Waals surface area contributed by atoms with E-state index in [1.165, 1.54) is 69.1 Å². The number of rotatable bonds is 12. The van der Waals surface area contributed by atoms with Crippen molar-refractivity contribution in [3.05, 3.63) is 0 Å². The van der Waals surface area contributed by atoms with Crippen LogP contribution in [0.25, 0.3) is 0 Å². The van der Waals surface area contributed by atoms with Gasteiger partial charge in [-0.05, 0) is 0 Å². The third-order valence-corrected chi connectivity index (χ3v) is 18.5. The number of hydrogen-bond acceptors (Lipinski definition) is 0. The molecule has 5 heteroatoms. The van der Waals surface area contributed by atoms with Crippen LogP contribution in [0.15, 0.2) is 0 Å². The Morgan fingerprint density at radius 3 is 0.857 bits per heavy atom. The molecule has 0 aromatic rings. The second-order valence-electron chi connectivity index (χ2n) is 5.45. The van der Waals surface area contributed by atoms with Crippen molar-refractivity contribution in [1.82, 2.24) is 0 Å². The van der Waals surface area contributed by atoms with Crippen molar-refractivity contribution in [3.63, 3.8) is 0 Å². The zero-order chi connectivity index (χ0) is 15.6. The first-order valence-corrected chi connectivity index (χ1v) is 23.9. The molecule has 130 valence electrons. The molecule has 0 aliphatic carbocycles. The van der Waals surface area contributed by atoms with Gasteiger partial charge >= 0.3 is 152 Å². The van der Waals surface area contributed by atoms with Crippen molar-refractivity contribution < 1.29 is 5.48 Å². The number of hydrogen-bond donors (Lipinski definition) is 0. The molecule has 0 aromatic heterocycles. The molecule has 0 saturated heterocycles. The molecule has 0 spiro atoms. The van der Waals surface area contributed by atoms with Gasteiger partial charge in [-0.2, -0.15) is 0 Å². The largest absolute Gasteiger partial charge is 0.412 e. The zero-order valence-corrected chi connectivity index (χ0v) is 22.0. The van der Waals surface area contributed by atoms with Crippen molar-refractivity contribution >= 4 is 55.1 Å². The molecule has 0 rings (SSSR count). The van der Waals surface area contributed by atoms with Crippen LogP contribution in [0.5, 0.6) is 0 Å². The van der Waals surface area contributed by atoms with E-state index in [9.17, 15) is 0 Å². The fourth-order valence-electron chi connectivity index (χ4n) is 1.72. The second kappa shape index (κ2) is 24.4. The molecule has 0 atom stereocenters. The Morgan fingerprint density at radius 2 is 0.714 bits per heavy atom. The molecule has 2 N–H and O–H groups in total. The molecule has 0 aromatic carbocycles. The van der Waals surface area contributed by atoms with Crippen LogP contribution >= 0.6 is 17.8 Å². The Morgan fingerprint density at radius 1 is 0.524 bits per heavy atom. The maximum atomic E-state index is 6.24. The van der Waals surface area contributed by atoms with Crippen LogP contribution in [0.2, 0.25) is 17.7 Å². The summed E-state index contributed by atoms with van der Waals surface area (Å²) in [6.07, 6.45) is 10.8. The Hall–Kier alpha value is 2.14.